The van der Waals surface area contributed by atoms with Crippen LogP contribution < -0.4 is 0 Å². The van der Waals surface area contributed by atoms with Crippen LogP contribution >= 0.6 is 0 Å². The van der Waals surface area contributed by atoms with Crippen LogP contribution in [0.1, 0.15) is 23.0 Å². The number of fused-ring (bicyclic) bond motifs is 1. The van der Waals surface area contributed by atoms with Crippen molar-refractivity contribution in [1.29, 1.82) is 0 Å². The highest BCUT2D eigenvalue weighted by atomic mass is 16.3. The van der Waals surface area contributed by atoms with Gasteiger partial charge in [0, 0.05) is 32.2 Å². The number of piperazine rings is 1. The minimum absolute atomic E-state index is 0.239. The minimum atomic E-state index is -0.340. The second kappa shape index (κ2) is 5.88. The fourth-order valence-electron chi connectivity index (χ4n) is 3.76. The van der Waals surface area contributed by atoms with Crippen LogP contribution in [0.5, 0.6) is 0 Å². The molecule has 116 valence electrons. The molecule has 0 spiro atoms. The van der Waals surface area contributed by atoms with Gasteiger partial charge in [-0.3, -0.25) is 9.80 Å². The van der Waals surface area contributed by atoms with E-state index < -0.39 is 0 Å². The number of rotatable bonds is 3. The Hall–Kier alpha value is -1.62. The van der Waals surface area contributed by atoms with E-state index in [2.05, 4.69) is 28.0 Å². The summed E-state index contributed by atoms with van der Waals surface area (Å²) in [5, 5.41) is 10.6. The third-order valence-electron chi connectivity index (χ3n) is 5.00. The van der Waals surface area contributed by atoms with Gasteiger partial charge in [0.15, 0.2) is 0 Å². The molecule has 0 radical (unpaired) electrons. The zero-order valence-electron chi connectivity index (χ0n) is 12.7. The van der Waals surface area contributed by atoms with Gasteiger partial charge in [-0.15, -0.1) is 0 Å². The highest BCUT2D eigenvalue weighted by molar-refractivity contribution is 5.36. The summed E-state index contributed by atoms with van der Waals surface area (Å²) in [5.41, 5.74) is 2.42. The van der Waals surface area contributed by atoms with Crippen molar-refractivity contribution in [3.63, 3.8) is 0 Å². The molecule has 1 fully saturated rings. The van der Waals surface area contributed by atoms with E-state index in [0.29, 0.717) is 0 Å². The molecule has 0 amide bonds. The van der Waals surface area contributed by atoms with Crippen molar-refractivity contribution in [1.82, 2.24) is 9.80 Å². The monoisotopic (exact) mass is 298 g/mol. The van der Waals surface area contributed by atoms with Gasteiger partial charge in [-0.05, 0) is 29.7 Å². The number of aliphatic hydroxyl groups is 1. The SMILES string of the molecule is OC1c2ccccc2CC1N1CCN(Cc2ccco2)CC1. The van der Waals surface area contributed by atoms with E-state index in [1.165, 1.54) is 5.56 Å². The molecule has 1 N–H and O–H groups in total. The summed E-state index contributed by atoms with van der Waals surface area (Å²) >= 11 is 0. The lowest BCUT2D eigenvalue weighted by molar-refractivity contribution is 0.0244. The number of furan rings is 1. The molecule has 4 rings (SSSR count). The Bertz CT molecular complexity index is 618. The molecule has 2 unspecified atom stereocenters. The fraction of sp³-hybridized carbons (Fsp3) is 0.444. The third kappa shape index (κ3) is 2.58. The molecule has 2 atom stereocenters. The molecule has 0 saturated carbocycles. The van der Waals surface area contributed by atoms with Crippen LogP contribution in [0.2, 0.25) is 0 Å². The maximum atomic E-state index is 10.6. The van der Waals surface area contributed by atoms with Crippen molar-refractivity contribution in [2.24, 2.45) is 0 Å². The Kier molecular flexibility index (Phi) is 3.74. The van der Waals surface area contributed by atoms with E-state index in [9.17, 15) is 5.11 Å². The average Bonchev–Trinajstić information content (AvgIpc) is 3.17. The quantitative estimate of drug-likeness (QED) is 0.941. The Morgan fingerprint density at radius 1 is 1.05 bits per heavy atom. The van der Waals surface area contributed by atoms with Crippen LogP contribution in [0.4, 0.5) is 0 Å². The van der Waals surface area contributed by atoms with Crippen molar-refractivity contribution in [3.05, 3.63) is 59.5 Å². The van der Waals surface area contributed by atoms with E-state index in [0.717, 1.165) is 50.5 Å². The maximum Gasteiger partial charge on any atom is 0.117 e. The molecule has 0 bridgehead atoms. The van der Waals surface area contributed by atoms with Gasteiger partial charge in [0.1, 0.15) is 5.76 Å². The first kappa shape index (κ1) is 14.0. The van der Waals surface area contributed by atoms with Gasteiger partial charge >= 0.3 is 0 Å². The lowest BCUT2D eigenvalue weighted by Gasteiger charge is -2.38. The average molecular weight is 298 g/mol. The number of hydrogen-bond acceptors (Lipinski definition) is 4. The molecular weight excluding hydrogens is 276 g/mol. The van der Waals surface area contributed by atoms with Gasteiger partial charge in [-0.25, -0.2) is 0 Å². The van der Waals surface area contributed by atoms with Gasteiger partial charge in [-0.1, -0.05) is 24.3 Å². The summed E-state index contributed by atoms with van der Waals surface area (Å²) in [5.74, 6) is 1.03. The normalized spacial score (nSPS) is 26.2. The summed E-state index contributed by atoms with van der Waals surface area (Å²) in [6.45, 7) is 4.96. The van der Waals surface area contributed by atoms with E-state index >= 15 is 0 Å². The molecule has 4 heteroatoms. The van der Waals surface area contributed by atoms with E-state index in [4.69, 9.17) is 4.42 Å². The molecule has 1 aromatic heterocycles. The Labute approximate surface area is 131 Å². The molecule has 1 aromatic carbocycles. The Morgan fingerprint density at radius 2 is 1.86 bits per heavy atom. The summed E-state index contributed by atoms with van der Waals surface area (Å²) in [4.78, 5) is 4.87. The molecule has 1 aliphatic heterocycles. The van der Waals surface area contributed by atoms with Gasteiger partial charge in [0.25, 0.3) is 0 Å². The van der Waals surface area contributed by atoms with E-state index in [-0.39, 0.29) is 12.1 Å². The van der Waals surface area contributed by atoms with Crippen molar-refractivity contribution in [3.8, 4) is 0 Å². The second-order valence-electron chi connectivity index (χ2n) is 6.31. The largest absolute Gasteiger partial charge is 0.468 e. The van der Waals surface area contributed by atoms with E-state index in [1.807, 2.05) is 18.2 Å². The predicted molar refractivity (Wildman–Crippen MR) is 84.5 cm³/mol. The number of nitrogens with zero attached hydrogens (tertiary/aromatic N) is 2. The van der Waals surface area contributed by atoms with Crippen molar-refractivity contribution in [2.75, 3.05) is 26.2 Å². The summed E-state index contributed by atoms with van der Waals surface area (Å²) in [6.07, 6.45) is 2.36. The number of benzene rings is 1. The summed E-state index contributed by atoms with van der Waals surface area (Å²) in [7, 11) is 0. The molecule has 2 aromatic rings. The summed E-state index contributed by atoms with van der Waals surface area (Å²) < 4.78 is 5.43. The molecule has 4 nitrogen and oxygen atoms in total. The maximum absolute atomic E-state index is 10.6. The highest BCUT2D eigenvalue weighted by Gasteiger charge is 2.36. The molecular formula is C18H22N2O2. The molecule has 1 aliphatic carbocycles. The van der Waals surface area contributed by atoms with Crippen molar-refractivity contribution < 1.29 is 9.52 Å². The van der Waals surface area contributed by atoms with Crippen LogP contribution in [0.3, 0.4) is 0 Å². The molecule has 1 saturated heterocycles. The van der Waals surface area contributed by atoms with E-state index in [1.54, 1.807) is 6.26 Å². The first-order valence-corrected chi connectivity index (χ1v) is 8.06. The Morgan fingerprint density at radius 3 is 2.59 bits per heavy atom. The van der Waals surface area contributed by atoms with Gasteiger partial charge in [-0.2, -0.15) is 0 Å². The zero-order chi connectivity index (χ0) is 14.9. The summed E-state index contributed by atoms with van der Waals surface area (Å²) in [6, 6.07) is 12.5. The van der Waals surface area contributed by atoms with Crippen LogP contribution in [0.25, 0.3) is 0 Å². The zero-order valence-corrected chi connectivity index (χ0v) is 12.7. The van der Waals surface area contributed by atoms with Gasteiger partial charge in [0.2, 0.25) is 0 Å². The van der Waals surface area contributed by atoms with Gasteiger partial charge < -0.3 is 9.52 Å². The number of hydrogen-bond donors (Lipinski definition) is 1. The van der Waals surface area contributed by atoms with Crippen LogP contribution in [0, 0.1) is 0 Å². The first-order valence-electron chi connectivity index (χ1n) is 8.06. The first-order chi connectivity index (χ1) is 10.8. The lowest BCUT2D eigenvalue weighted by Crippen LogP contribution is -2.51. The molecule has 2 aliphatic rings. The molecule has 22 heavy (non-hydrogen) atoms. The third-order valence-corrected chi connectivity index (χ3v) is 5.00. The predicted octanol–water partition coefficient (Wildman–Crippen LogP) is 2.06. The van der Waals surface area contributed by atoms with Crippen LogP contribution in [-0.2, 0) is 13.0 Å². The van der Waals surface area contributed by atoms with Crippen LogP contribution in [0.15, 0.2) is 47.1 Å². The number of aliphatic hydroxyl groups excluding tert-OH is 1. The lowest BCUT2D eigenvalue weighted by atomic mass is 10.1. The fourth-order valence-corrected chi connectivity index (χ4v) is 3.76. The Balaban J connectivity index is 1.36. The standard InChI is InChI=1S/C18H22N2O2/c21-18-16-6-2-1-4-14(16)12-17(18)20-9-7-19(8-10-20)13-15-5-3-11-22-15/h1-6,11,17-18,21H,7-10,12-13H2. The van der Waals surface area contributed by atoms with Gasteiger partial charge in [0.05, 0.1) is 18.9 Å². The topological polar surface area (TPSA) is 39.9 Å². The highest BCUT2D eigenvalue weighted by Crippen LogP contribution is 2.34. The van der Waals surface area contributed by atoms with Crippen molar-refractivity contribution >= 4 is 0 Å². The van der Waals surface area contributed by atoms with Crippen LogP contribution in [-0.4, -0.2) is 47.1 Å². The minimum Gasteiger partial charge on any atom is -0.468 e. The second-order valence-corrected chi connectivity index (χ2v) is 6.31. The van der Waals surface area contributed by atoms with Crippen molar-refractivity contribution in [2.45, 2.75) is 25.1 Å². The molecule has 2 heterocycles. The smallest absolute Gasteiger partial charge is 0.117 e.